The van der Waals surface area contributed by atoms with Crippen molar-refractivity contribution in [2.24, 2.45) is 0 Å². The maximum atomic E-state index is 14.1. The van der Waals surface area contributed by atoms with Crippen LogP contribution in [0.5, 0.6) is 11.5 Å². The number of nitrogens with zero attached hydrogens (tertiary/aromatic N) is 1. The van der Waals surface area contributed by atoms with E-state index in [-0.39, 0.29) is 11.3 Å². The van der Waals surface area contributed by atoms with Crippen LogP contribution >= 0.6 is 0 Å². The van der Waals surface area contributed by atoms with E-state index < -0.39 is 5.82 Å². The largest absolute Gasteiger partial charge is 0.490 e. The number of nitriles is 1. The first-order valence-corrected chi connectivity index (χ1v) is 5.70. The molecule has 4 heteroatoms. The third-order valence-electron chi connectivity index (χ3n) is 2.35. The summed E-state index contributed by atoms with van der Waals surface area (Å²) in [5, 5.41) is 8.96. The van der Waals surface area contributed by atoms with Crippen molar-refractivity contribution >= 4 is 0 Å². The molecule has 92 valence electrons. The van der Waals surface area contributed by atoms with E-state index in [0.717, 1.165) is 0 Å². The lowest BCUT2D eigenvalue weighted by molar-refractivity contribution is 0.275. The number of ether oxygens (including phenoxy) is 2. The van der Waals surface area contributed by atoms with Gasteiger partial charge in [0.15, 0.2) is 17.3 Å². The quantitative estimate of drug-likeness (QED) is 0.790. The lowest BCUT2D eigenvalue weighted by Crippen LogP contribution is -2.04. The van der Waals surface area contributed by atoms with E-state index >= 15 is 0 Å². The molecule has 0 aliphatic heterocycles. The molecule has 0 aliphatic rings. The van der Waals surface area contributed by atoms with Crippen molar-refractivity contribution in [3.63, 3.8) is 0 Å². The summed E-state index contributed by atoms with van der Waals surface area (Å²) < 4.78 is 24.6. The van der Waals surface area contributed by atoms with Gasteiger partial charge in [-0.15, -0.1) is 0 Å². The van der Waals surface area contributed by atoms with Crippen molar-refractivity contribution in [3.8, 4) is 17.6 Å². The van der Waals surface area contributed by atoms with Crippen LogP contribution in [-0.4, -0.2) is 13.2 Å². The monoisotopic (exact) mass is 237 g/mol. The molecule has 0 amide bonds. The Labute approximate surface area is 101 Å². The van der Waals surface area contributed by atoms with Crippen molar-refractivity contribution in [1.82, 2.24) is 0 Å². The van der Waals surface area contributed by atoms with Crippen molar-refractivity contribution in [2.75, 3.05) is 13.2 Å². The molecule has 0 saturated carbocycles. The summed E-state index contributed by atoms with van der Waals surface area (Å²) in [6.45, 7) is 6.19. The molecule has 0 aromatic heterocycles. The number of aryl methyl sites for hydroxylation is 1. The summed E-state index contributed by atoms with van der Waals surface area (Å²) >= 11 is 0. The Balaban J connectivity index is 3.39. The van der Waals surface area contributed by atoms with Crippen molar-refractivity contribution in [2.45, 2.75) is 27.2 Å². The number of rotatable bonds is 5. The zero-order valence-corrected chi connectivity index (χ0v) is 10.3. The summed E-state index contributed by atoms with van der Waals surface area (Å²) in [5.41, 5.74) is 0.677. The van der Waals surface area contributed by atoms with Gasteiger partial charge in [-0.05, 0) is 31.9 Å². The molecule has 0 radical (unpaired) electrons. The average Bonchev–Trinajstić information content (AvgIpc) is 2.33. The van der Waals surface area contributed by atoms with Gasteiger partial charge in [-0.25, -0.2) is 4.39 Å². The maximum absolute atomic E-state index is 14.1. The van der Waals surface area contributed by atoms with Crippen LogP contribution in [0.3, 0.4) is 0 Å². The van der Waals surface area contributed by atoms with Gasteiger partial charge in [0, 0.05) is 0 Å². The Bertz CT molecular complexity index is 438. The molecule has 1 rings (SSSR count). The predicted molar refractivity (Wildman–Crippen MR) is 62.8 cm³/mol. The van der Waals surface area contributed by atoms with Crippen LogP contribution in [0.1, 0.15) is 31.9 Å². The first kappa shape index (κ1) is 13.3. The molecule has 0 spiro atoms. The molecule has 0 N–H and O–H groups in total. The van der Waals surface area contributed by atoms with E-state index in [9.17, 15) is 4.39 Å². The van der Waals surface area contributed by atoms with Crippen molar-refractivity contribution < 1.29 is 13.9 Å². The fourth-order valence-corrected chi connectivity index (χ4v) is 1.60. The van der Waals surface area contributed by atoms with Gasteiger partial charge < -0.3 is 9.47 Å². The van der Waals surface area contributed by atoms with Gasteiger partial charge in [-0.3, -0.25) is 0 Å². The van der Waals surface area contributed by atoms with Crippen LogP contribution < -0.4 is 9.47 Å². The minimum absolute atomic E-state index is 0.0306. The molecule has 0 atom stereocenters. The highest BCUT2D eigenvalue weighted by molar-refractivity contribution is 5.53. The van der Waals surface area contributed by atoms with Gasteiger partial charge in [0.25, 0.3) is 0 Å². The number of halogens is 1. The van der Waals surface area contributed by atoms with E-state index in [2.05, 4.69) is 0 Å². The molecule has 0 heterocycles. The lowest BCUT2D eigenvalue weighted by atomic mass is 10.0. The molecule has 1 aromatic rings. The van der Waals surface area contributed by atoms with E-state index in [1.807, 2.05) is 19.9 Å². The summed E-state index contributed by atoms with van der Waals surface area (Å²) in [4.78, 5) is 0. The molecule has 0 saturated heterocycles. The standard InChI is InChI=1S/C13H16FNO2/c1-4-9-7-11(16-5-2)13(17-6-3)12(14)10(9)8-15/h7H,4-6H2,1-3H3. The third kappa shape index (κ3) is 2.68. The lowest BCUT2D eigenvalue weighted by Gasteiger charge is -2.14. The fourth-order valence-electron chi connectivity index (χ4n) is 1.60. The van der Waals surface area contributed by atoms with Crippen LogP contribution in [0.15, 0.2) is 6.07 Å². The highest BCUT2D eigenvalue weighted by Crippen LogP contribution is 2.35. The summed E-state index contributed by atoms with van der Waals surface area (Å²) in [6, 6.07) is 3.55. The number of hydrogen-bond donors (Lipinski definition) is 0. The van der Waals surface area contributed by atoms with E-state index in [1.54, 1.807) is 13.0 Å². The van der Waals surface area contributed by atoms with Gasteiger partial charge >= 0.3 is 0 Å². The Hall–Kier alpha value is -1.76. The van der Waals surface area contributed by atoms with Gasteiger partial charge in [-0.1, -0.05) is 6.92 Å². The van der Waals surface area contributed by atoms with Crippen LogP contribution in [0.4, 0.5) is 4.39 Å². The smallest absolute Gasteiger partial charge is 0.198 e. The van der Waals surface area contributed by atoms with Crippen molar-refractivity contribution in [1.29, 1.82) is 5.26 Å². The maximum Gasteiger partial charge on any atom is 0.198 e. The molecule has 0 unspecified atom stereocenters. The first-order chi connectivity index (χ1) is 8.19. The molecule has 3 nitrogen and oxygen atoms in total. The number of hydrogen-bond acceptors (Lipinski definition) is 3. The molecule has 0 aliphatic carbocycles. The second kappa shape index (κ2) is 6.09. The topological polar surface area (TPSA) is 42.2 Å². The van der Waals surface area contributed by atoms with Crippen LogP contribution in [0, 0.1) is 17.1 Å². The van der Waals surface area contributed by atoms with E-state index in [0.29, 0.717) is 30.9 Å². The summed E-state index contributed by atoms with van der Waals surface area (Å²) in [6.07, 6.45) is 0.576. The number of benzene rings is 1. The highest BCUT2D eigenvalue weighted by Gasteiger charge is 2.19. The zero-order valence-electron chi connectivity index (χ0n) is 10.3. The van der Waals surface area contributed by atoms with E-state index in [4.69, 9.17) is 14.7 Å². The van der Waals surface area contributed by atoms with Crippen LogP contribution in [-0.2, 0) is 6.42 Å². The second-order valence-electron chi connectivity index (χ2n) is 3.38. The van der Waals surface area contributed by atoms with Gasteiger partial charge in [0.2, 0.25) is 0 Å². The Kier molecular flexibility index (Phi) is 4.77. The van der Waals surface area contributed by atoms with Gasteiger partial charge in [0.05, 0.1) is 18.8 Å². The molecule has 0 bridgehead atoms. The van der Waals surface area contributed by atoms with Crippen LogP contribution in [0.2, 0.25) is 0 Å². The third-order valence-corrected chi connectivity index (χ3v) is 2.35. The van der Waals surface area contributed by atoms with Gasteiger partial charge in [0.1, 0.15) is 6.07 Å². The van der Waals surface area contributed by atoms with Crippen molar-refractivity contribution in [3.05, 3.63) is 23.0 Å². The van der Waals surface area contributed by atoms with Gasteiger partial charge in [-0.2, -0.15) is 5.26 Å². The Morgan fingerprint density at radius 3 is 2.35 bits per heavy atom. The zero-order chi connectivity index (χ0) is 12.8. The second-order valence-corrected chi connectivity index (χ2v) is 3.38. The minimum atomic E-state index is -0.628. The Morgan fingerprint density at radius 1 is 1.24 bits per heavy atom. The fraction of sp³-hybridized carbons (Fsp3) is 0.462. The normalized spacial score (nSPS) is 9.82. The Morgan fingerprint density at radius 2 is 1.88 bits per heavy atom. The highest BCUT2D eigenvalue weighted by atomic mass is 19.1. The average molecular weight is 237 g/mol. The summed E-state index contributed by atoms with van der Waals surface area (Å²) in [7, 11) is 0. The SMILES string of the molecule is CCOc1cc(CC)c(C#N)c(F)c1OCC. The first-order valence-electron chi connectivity index (χ1n) is 5.70. The molecular formula is C13H16FNO2. The molecular weight excluding hydrogens is 221 g/mol. The predicted octanol–water partition coefficient (Wildman–Crippen LogP) is 3.06. The van der Waals surface area contributed by atoms with E-state index in [1.165, 1.54) is 0 Å². The molecule has 0 fully saturated rings. The molecule has 1 aromatic carbocycles. The molecule has 17 heavy (non-hydrogen) atoms. The minimum Gasteiger partial charge on any atom is -0.490 e. The van der Waals surface area contributed by atoms with Crippen LogP contribution in [0.25, 0.3) is 0 Å². The summed E-state index contributed by atoms with van der Waals surface area (Å²) in [5.74, 6) is -0.233.